The van der Waals surface area contributed by atoms with Crippen LogP contribution in [0.25, 0.3) is 10.9 Å². The zero-order valence-corrected chi connectivity index (χ0v) is 19.8. The summed E-state index contributed by atoms with van der Waals surface area (Å²) in [4.78, 5) is -0.111. The number of rotatable bonds is 6. The molecule has 4 rings (SSSR count). The number of halogens is 3. The van der Waals surface area contributed by atoms with Gasteiger partial charge in [-0.3, -0.25) is 0 Å². The molecule has 0 radical (unpaired) electrons. The lowest BCUT2D eigenvalue weighted by Crippen LogP contribution is -2.12. The number of aryl methyl sites for hydroxylation is 1. The quantitative estimate of drug-likeness (QED) is 0.352. The Morgan fingerprint density at radius 2 is 1.84 bits per heavy atom. The molecule has 3 aromatic carbocycles. The van der Waals surface area contributed by atoms with Crippen LogP contribution in [0.3, 0.4) is 0 Å². The summed E-state index contributed by atoms with van der Waals surface area (Å²) < 4.78 is 41.5. The molecule has 0 spiro atoms. The van der Waals surface area contributed by atoms with Crippen molar-refractivity contribution in [3.05, 3.63) is 88.8 Å². The number of anilines is 2. The van der Waals surface area contributed by atoms with Crippen molar-refractivity contribution < 1.29 is 12.8 Å². The molecule has 4 aromatic rings. The lowest BCUT2D eigenvalue weighted by molar-refractivity contribution is 0.584. The summed E-state index contributed by atoms with van der Waals surface area (Å²) in [5.41, 5.74) is 3.74. The van der Waals surface area contributed by atoms with E-state index in [2.05, 4.69) is 10.6 Å². The third kappa shape index (κ3) is 4.61. The molecule has 0 aliphatic heterocycles. The summed E-state index contributed by atoms with van der Waals surface area (Å²) in [7, 11) is -2.20. The van der Waals surface area contributed by atoms with E-state index < -0.39 is 15.8 Å². The molecular weight excluding hydrogens is 472 g/mol. The number of nitrogens with one attached hydrogen (secondary N) is 2. The summed E-state index contributed by atoms with van der Waals surface area (Å²) >= 11 is 6.33. The molecule has 0 saturated carbocycles. The van der Waals surface area contributed by atoms with Crippen molar-refractivity contribution in [3.8, 4) is 0 Å². The Morgan fingerprint density at radius 3 is 2.53 bits per heavy atom. The van der Waals surface area contributed by atoms with Gasteiger partial charge in [0.2, 0.25) is 0 Å². The normalized spacial score (nSPS) is 11.4. The number of aromatic nitrogens is 1. The summed E-state index contributed by atoms with van der Waals surface area (Å²) in [6, 6.07) is 16.2. The second-order valence-corrected chi connectivity index (χ2v) is 9.51. The van der Waals surface area contributed by atoms with Gasteiger partial charge in [0.1, 0.15) is 5.82 Å². The molecule has 9 heteroatoms. The lowest BCUT2D eigenvalue weighted by atomic mass is 10.1. The largest absolute Gasteiger partial charge is 0.354 e. The Kier molecular flexibility index (Phi) is 7.15. The van der Waals surface area contributed by atoms with Crippen LogP contribution in [0.2, 0.25) is 5.02 Å². The van der Waals surface area contributed by atoms with Crippen molar-refractivity contribution in [2.45, 2.75) is 18.4 Å². The van der Waals surface area contributed by atoms with Gasteiger partial charge in [-0.25, -0.2) is 16.8 Å². The highest BCUT2D eigenvalue weighted by Gasteiger charge is 2.22. The minimum absolute atomic E-state index is 0. The average Bonchev–Trinajstić information content (AvgIpc) is 3.09. The van der Waals surface area contributed by atoms with Crippen molar-refractivity contribution in [2.75, 3.05) is 12.4 Å². The molecule has 168 valence electrons. The highest BCUT2D eigenvalue weighted by molar-refractivity contribution is 7.90. The van der Waals surface area contributed by atoms with Gasteiger partial charge in [-0.1, -0.05) is 29.8 Å². The third-order valence-electron chi connectivity index (χ3n) is 4.98. The number of hydrogen-bond donors (Lipinski definition) is 2. The maximum Gasteiger partial charge on any atom is 0.268 e. The smallest absolute Gasteiger partial charge is 0.268 e. The van der Waals surface area contributed by atoms with Gasteiger partial charge in [0.25, 0.3) is 10.0 Å². The van der Waals surface area contributed by atoms with Gasteiger partial charge in [-0.05, 0) is 67.6 Å². The van der Waals surface area contributed by atoms with Gasteiger partial charge in [0.05, 0.1) is 21.1 Å². The van der Waals surface area contributed by atoms with Crippen molar-refractivity contribution in [1.82, 2.24) is 9.29 Å². The number of benzene rings is 3. The molecule has 5 nitrogen and oxygen atoms in total. The van der Waals surface area contributed by atoms with E-state index in [1.54, 1.807) is 19.3 Å². The zero-order chi connectivity index (χ0) is 22.2. The van der Waals surface area contributed by atoms with Gasteiger partial charge in [0, 0.05) is 23.8 Å². The first-order valence-corrected chi connectivity index (χ1v) is 11.4. The molecule has 0 amide bonds. The van der Waals surface area contributed by atoms with Crippen molar-refractivity contribution in [1.29, 1.82) is 0 Å². The first-order chi connectivity index (χ1) is 14.8. The first kappa shape index (κ1) is 24.1. The van der Waals surface area contributed by atoms with Crippen LogP contribution < -0.4 is 10.6 Å². The van der Waals surface area contributed by atoms with Gasteiger partial charge in [0.15, 0.2) is 0 Å². The summed E-state index contributed by atoms with van der Waals surface area (Å²) in [6.07, 6.45) is 1.57. The molecule has 0 bridgehead atoms. The van der Waals surface area contributed by atoms with Gasteiger partial charge >= 0.3 is 0 Å². The van der Waals surface area contributed by atoms with Gasteiger partial charge in [-0.2, -0.15) is 0 Å². The van der Waals surface area contributed by atoms with Crippen LogP contribution in [0.5, 0.6) is 0 Å². The fourth-order valence-corrected chi connectivity index (χ4v) is 5.19. The highest BCUT2D eigenvalue weighted by atomic mass is 35.5. The number of hydrogen-bond acceptors (Lipinski definition) is 4. The second-order valence-electron chi connectivity index (χ2n) is 7.28. The first-order valence-electron chi connectivity index (χ1n) is 9.62. The molecule has 0 aliphatic rings. The second kappa shape index (κ2) is 9.50. The monoisotopic (exact) mass is 493 g/mol. The van der Waals surface area contributed by atoms with E-state index in [9.17, 15) is 12.8 Å². The fourth-order valence-electron chi connectivity index (χ4n) is 3.49. The molecule has 0 fully saturated rings. The fraction of sp³-hybridized carbons (Fsp3) is 0.130. The molecule has 0 saturated heterocycles. The van der Waals surface area contributed by atoms with E-state index in [0.29, 0.717) is 28.5 Å². The minimum atomic E-state index is -3.99. The van der Waals surface area contributed by atoms with Gasteiger partial charge < -0.3 is 10.6 Å². The Morgan fingerprint density at radius 1 is 1.06 bits per heavy atom. The topological polar surface area (TPSA) is 63.1 Å². The van der Waals surface area contributed by atoms with E-state index in [4.69, 9.17) is 11.6 Å². The molecule has 0 atom stereocenters. The van der Waals surface area contributed by atoms with E-state index >= 15 is 0 Å². The Labute approximate surface area is 197 Å². The van der Waals surface area contributed by atoms with E-state index in [-0.39, 0.29) is 17.3 Å². The predicted octanol–water partition coefficient (Wildman–Crippen LogP) is 5.86. The average molecular weight is 494 g/mol. The summed E-state index contributed by atoms with van der Waals surface area (Å²) in [6.45, 7) is 2.44. The number of nitrogens with zero attached hydrogens (tertiary/aromatic N) is 1. The zero-order valence-electron chi connectivity index (χ0n) is 17.4. The van der Waals surface area contributed by atoms with Gasteiger partial charge in [-0.15, -0.1) is 12.4 Å². The molecule has 32 heavy (non-hydrogen) atoms. The van der Waals surface area contributed by atoms with Crippen LogP contribution >= 0.6 is 24.0 Å². The summed E-state index contributed by atoms with van der Waals surface area (Å²) in [5.74, 6) is -0.607. The molecule has 2 N–H and O–H groups in total. The molecule has 1 aromatic heterocycles. The molecule has 0 unspecified atom stereocenters. The van der Waals surface area contributed by atoms with Crippen molar-refractivity contribution >= 4 is 56.3 Å². The van der Waals surface area contributed by atoms with Crippen molar-refractivity contribution in [3.63, 3.8) is 0 Å². The van der Waals surface area contributed by atoms with Crippen LogP contribution in [0.4, 0.5) is 15.8 Å². The lowest BCUT2D eigenvalue weighted by Gasteiger charge is -2.11. The maximum atomic E-state index is 13.7. The molecular formula is C23H22Cl2FN3O2S. The minimum Gasteiger partial charge on any atom is -0.354 e. The van der Waals surface area contributed by atoms with Crippen LogP contribution in [0.15, 0.2) is 71.8 Å². The standard InChI is InChI=1S/C23H21ClFN3O2S.ClH/c1-15-6-9-22(21(24)10-15)27-18-7-8-20-16(13-26-2)14-28(23(20)12-18)31(29,30)19-5-3-4-17(25)11-19;/h3-12,14,26-27H,13H2,1-2H3;1H. The Balaban J connectivity index is 0.00000289. The highest BCUT2D eigenvalue weighted by Crippen LogP contribution is 2.31. The molecule has 1 heterocycles. The van der Waals surface area contributed by atoms with E-state index in [1.165, 1.54) is 22.2 Å². The molecule has 0 aliphatic carbocycles. The SMILES string of the molecule is CNCc1cn(S(=O)(=O)c2cccc(F)c2)c2cc(Nc3ccc(C)cc3Cl)ccc12.Cl. The van der Waals surface area contributed by atoms with Crippen LogP contribution in [0, 0.1) is 12.7 Å². The van der Waals surface area contributed by atoms with Crippen molar-refractivity contribution in [2.24, 2.45) is 0 Å². The van der Waals surface area contributed by atoms with Crippen LogP contribution in [0.1, 0.15) is 11.1 Å². The third-order valence-corrected chi connectivity index (χ3v) is 6.96. The Bertz CT molecular complexity index is 1390. The van der Waals surface area contributed by atoms with Crippen LogP contribution in [-0.4, -0.2) is 19.4 Å². The van der Waals surface area contributed by atoms with E-state index in [1.807, 2.05) is 37.3 Å². The van der Waals surface area contributed by atoms with E-state index in [0.717, 1.165) is 22.6 Å². The Hall–Kier alpha value is -2.58. The van der Waals surface area contributed by atoms with Crippen LogP contribution in [-0.2, 0) is 16.6 Å². The predicted molar refractivity (Wildman–Crippen MR) is 130 cm³/mol. The summed E-state index contributed by atoms with van der Waals surface area (Å²) in [5, 5.41) is 7.66. The number of fused-ring (bicyclic) bond motifs is 1. The maximum absolute atomic E-state index is 13.7.